The number of hydrogen-bond acceptors (Lipinski definition) is 4. The van der Waals surface area contributed by atoms with Gasteiger partial charge in [-0.15, -0.1) is 0 Å². The Bertz CT molecular complexity index is 547. The van der Waals surface area contributed by atoms with Crippen LogP contribution in [0.5, 0.6) is 0 Å². The monoisotopic (exact) mass is 302 g/mol. The quantitative estimate of drug-likeness (QED) is 0.918. The van der Waals surface area contributed by atoms with E-state index in [1.165, 1.54) is 0 Å². The second-order valence-corrected chi connectivity index (χ2v) is 7.67. The van der Waals surface area contributed by atoms with Crippen molar-refractivity contribution in [1.82, 2.24) is 4.90 Å². The van der Waals surface area contributed by atoms with Gasteiger partial charge in [0.25, 0.3) is 0 Å². The number of hydrogen-bond donors (Lipinski definition) is 1. The van der Waals surface area contributed by atoms with Crippen LogP contribution in [-0.2, 0) is 9.84 Å². The van der Waals surface area contributed by atoms with Gasteiger partial charge in [0.2, 0.25) is 0 Å². The molecule has 1 heterocycles. The summed E-state index contributed by atoms with van der Waals surface area (Å²) in [7, 11) is -2.91. The van der Waals surface area contributed by atoms with Gasteiger partial charge in [0, 0.05) is 30.2 Å². The third kappa shape index (κ3) is 3.48. The molecule has 1 saturated heterocycles. The first-order valence-electron chi connectivity index (χ1n) is 6.34. The van der Waals surface area contributed by atoms with Crippen LogP contribution in [-0.4, -0.2) is 44.0 Å². The van der Waals surface area contributed by atoms with Gasteiger partial charge in [-0.1, -0.05) is 23.7 Å². The molecule has 1 aromatic rings. The van der Waals surface area contributed by atoms with E-state index in [0.29, 0.717) is 18.1 Å². The van der Waals surface area contributed by atoms with Gasteiger partial charge < -0.3 is 5.73 Å². The first-order valence-corrected chi connectivity index (χ1v) is 8.54. The molecular formula is C13H19ClN2O2S. The fourth-order valence-corrected chi connectivity index (χ4v) is 4.43. The van der Waals surface area contributed by atoms with E-state index >= 15 is 0 Å². The van der Waals surface area contributed by atoms with Gasteiger partial charge in [-0.2, -0.15) is 0 Å². The van der Waals surface area contributed by atoms with E-state index in [0.717, 1.165) is 5.56 Å². The molecule has 1 fully saturated rings. The molecule has 0 aliphatic carbocycles. The summed E-state index contributed by atoms with van der Waals surface area (Å²) in [6.45, 7) is 2.91. The van der Waals surface area contributed by atoms with Gasteiger partial charge in [0.15, 0.2) is 9.84 Å². The average molecular weight is 303 g/mol. The first kappa shape index (κ1) is 14.8. The van der Waals surface area contributed by atoms with Crippen LogP contribution in [0.25, 0.3) is 0 Å². The smallest absolute Gasteiger partial charge is 0.153 e. The summed E-state index contributed by atoms with van der Waals surface area (Å²) in [6.07, 6.45) is 0. The van der Waals surface area contributed by atoms with Crippen molar-refractivity contribution in [3.63, 3.8) is 0 Å². The Kier molecular flexibility index (Phi) is 4.50. The molecule has 1 aromatic carbocycles. The average Bonchev–Trinajstić information content (AvgIpc) is 2.32. The van der Waals surface area contributed by atoms with E-state index in [9.17, 15) is 8.42 Å². The summed E-state index contributed by atoms with van der Waals surface area (Å²) < 4.78 is 23.3. The van der Waals surface area contributed by atoms with E-state index in [4.69, 9.17) is 17.3 Å². The summed E-state index contributed by atoms with van der Waals surface area (Å²) in [5.74, 6) is 0.401. The largest absolute Gasteiger partial charge is 0.329 e. The summed E-state index contributed by atoms with van der Waals surface area (Å²) in [5, 5.41) is 0.674. The van der Waals surface area contributed by atoms with Crippen molar-refractivity contribution in [2.24, 2.45) is 5.73 Å². The molecule has 2 rings (SSSR count). The van der Waals surface area contributed by atoms with Crippen molar-refractivity contribution in [1.29, 1.82) is 0 Å². The maximum atomic E-state index is 11.6. The molecule has 0 bridgehead atoms. The Morgan fingerprint density at radius 3 is 2.84 bits per heavy atom. The predicted octanol–water partition coefficient (Wildman–Crippen LogP) is 1.46. The van der Waals surface area contributed by atoms with Crippen LogP contribution in [0.3, 0.4) is 0 Å². The third-order valence-corrected chi connectivity index (χ3v) is 5.61. The van der Waals surface area contributed by atoms with Crippen LogP contribution < -0.4 is 5.73 Å². The highest BCUT2D eigenvalue weighted by atomic mass is 35.5. The van der Waals surface area contributed by atoms with Crippen LogP contribution in [0.1, 0.15) is 18.5 Å². The molecular weight excluding hydrogens is 284 g/mol. The Morgan fingerprint density at radius 1 is 1.53 bits per heavy atom. The second kappa shape index (κ2) is 5.79. The van der Waals surface area contributed by atoms with Gasteiger partial charge in [-0.3, -0.25) is 4.90 Å². The van der Waals surface area contributed by atoms with E-state index < -0.39 is 9.84 Å². The molecule has 0 aromatic heterocycles. The van der Waals surface area contributed by atoms with Crippen molar-refractivity contribution < 1.29 is 8.42 Å². The predicted molar refractivity (Wildman–Crippen MR) is 78.1 cm³/mol. The fraction of sp³-hybridized carbons (Fsp3) is 0.538. The van der Waals surface area contributed by atoms with Crippen molar-refractivity contribution in [2.45, 2.75) is 19.0 Å². The SMILES string of the molecule is CC1CS(=O)(=O)CCN1C(CN)c1cccc(Cl)c1. The first-order chi connectivity index (χ1) is 8.93. The molecule has 4 nitrogen and oxygen atoms in total. The zero-order valence-corrected chi connectivity index (χ0v) is 12.5. The second-order valence-electron chi connectivity index (χ2n) is 5.01. The summed E-state index contributed by atoms with van der Waals surface area (Å²) in [4.78, 5) is 2.16. The molecule has 2 atom stereocenters. The molecule has 1 aliphatic heterocycles. The van der Waals surface area contributed by atoms with E-state index in [2.05, 4.69) is 4.90 Å². The zero-order valence-electron chi connectivity index (χ0n) is 10.9. The Morgan fingerprint density at radius 2 is 2.26 bits per heavy atom. The number of nitrogens with zero attached hydrogens (tertiary/aromatic N) is 1. The van der Waals surface area contributed by atoms with Gasteiger partial charge >= 0.3 is 0 Å². The topological polar surface area (TPSA) is 63.4 Å². The van der Waals surface area contributed by atoms with Crippen LogP contribution >= 0.6 is 11.6 Å². The minimum absolute atomic E-state index is 0.0178. The highest BCUT2D eigenvalue weighted by molar-refractivity contribution is 7.91. The number of sulfone groups is 1. The van der Waals surface area contributed by atoms with Crippen LogP contribution in [0, 0.1) is 0 Å². The summed E-state index contributed by atoms with van der Waals surface area (Å²) in [5.41, 5.74) is 6.92. The number of nitrogens with two attached hydrogens (primary N) is 1. The normalized spacial score (nSPS) is 25.1. The van der Waals surface area contributed by atoms with Crippen molar-refractivity contribution >= 4 is 21.4 Å². The van der Waals surface area contributed by atoms with Crippen molar-refractivity contribution in [2.75, 3.05) is 24.6 Å². The highest BCUT2D eigenvalue weighted by Crippen LogP contribution is 2.27. The molecule has 0 spiro atoms. The van der Waals surface area contributed by atoms with E-state index in [1.54, 1.807) is 0 Å². The molecule has 0 amide bonds. The molecule has 1 aliphatic rings. The molecule has 6 heteroatoms. The maximum Gasteiger partial charge on any atom is 0.153 e. The highest BCUT2D eigenvalue weighted by Gasteiger charge is 2.32. The summed E-state index contributed by atoms with van der Waals surface area (Å²) in [6, 6.07) is 7.60. The van der Waals surface area contributed by atoms with Gasteiger partial charge in [0.05, 0.1) is 11.5 Å². The van der Waals surface area contributed by atoms with Gasteiger partial charge in [0.1, 0.15) is 0 Å². The lowest BCUT2D eigenvalue weighted by atomic mass is 10.0. The van der Waals surface area contributed by atoms with Crippen molar-refractivity contribution in [3.05, 3.63) is 34.9 Å². The lowest BCUT2D eigenvalue weighted by Gasteiger charge is -2.39. The Balaban J connectivity index is 2.23. The van der Waals surface area contributed by atoms with E-state index in [-0.39, 0.29) is 23.6 Å². The molecule has 106 valence electrons. The molecule has 2 N–H and O–H groups in total. The van der Waals surface area contributed by atoms with Crippen LogP contribution in [0.15, 0.2) is 24.3 Å². The minimum atomic E-state index is -2.91. The van der Waals surface area contributed by atoms with Gasteiger partial charge in [-0.25, -0.2) is 8.42 Å². The number of rotatable bonds is 3. The maximum absolute atomic E-state index is 11.6. The minimum Gasteiger partial charge on any atom is -0.329 e. The van der Waals surface area contributed by atoms with E-state index in [1.807, 2.05) is 31.2 Å². The van der Waals surface area contributed by atoms with Crippen LogP contribution in [0.2, 0.25) is 5.02 Å². The van der Waals surface area contributed by atoms with Crippen LogP contribution in [0.4, 0.5) is 0 Å². The standard InChI is InChI=1S/C13H19ClN2O2S/c1-10-9-19(17,18)6-5-16(10)13(8-15)11-3-2-4-12(14)7-11/h2-4,7,10,13H,5-6,8-9,15H2,1H3. The lowest BCUT2D eigenvalue weighted by Crippen LogP contribution is -2.50. The molecule has 0 radical (unpaired) electrons. The Labute approximate surface area is 119 Å². The van der Waals surface area contributed by atoms with Gasteiger partial charge in [-0.05, 0) is 24.6 Å². The Hall–Kier alpha value is -0.620. The molecule has 2 unspecified atom stereocenters. The molecule has 19 heavy (non-hydrogen) atoms. The lowest BCUT2D eigenvalue weighted by molar-refractivity contribution is 0.162. The number of benzene rings is 1. The fourth-order valence-electron chi connectivity index (χ4n) is 2.65. The summed E-state index contributed by atoms with van der Waals surface area (Å²) >= 11 is 6.01. The third-order valence-electron chi connectivity index (χ3n) is 3.58. The molecule has 0 saturated carbocycles. The number of halogens is 1. The van der Waals surface area contributed by atoms with Crippen molar-refractivity contribution in [3.8, 4) is 0 Å². The zero-order chi connectivity index (χ0) is 14.0.